The van der Waals surface area contributed by atoms with E-state index in [1.165, 1.54) is 12.4 Å². The average Bonchev–Trinajstić information content (AvgIpc) is 3.89. The quantitative estimate of drug-likeness (QED) is 0.194. The number of aliphatic imine (C=N–C) groups is 2. The summed E-state index contributed by atoms with van der Waals surface area (Å²) in [5.41, 5.74) is 1.35. The second-order valence-electron chi connectivity index (χ2n) is 12.2. The van der Waals surface area contributed by atoms with Crippen molar-refractivity contribution in [1.82, 2.24) is 25.5 Å². The molecule has 5 rings (SSSR count). The minimum atomic E-state index is -4.62. The van der Waals surface area contributed by atoms with Crippen molar-refractivity contribution in [3.63, 3.8) is 0 Å². The predicted octanol–water partition coefficient (Wildman–Crippen LogP) is 4.37. The van der Waals surface area contributed by atoms with Crippen molar-refractivity contribution >= 4 is 29.6 Å². The number of halogens is 3. The molecule has 1 aliphatic heterocycles. The first-order chi connectivity index (χ1) is 23.0. The van der Waals surface area contributed by atoms with Crippen molar-refractivity contribution in [2.75, 3.05) is 49.5 Å². The first kappa shape index (κ1) is 34.8. The van der Waals surface area contributed by atoms with Crippen LogP contribution in [0.5, 0.6) is 0 Å². The van der Waals surface area contributed by atoms with Gasteiger partial charge in [-0.3, -0.25) is 19.7 Å². The van der Waals surface area contributed by atoms with Crippen molar-refractivity contribution in [3.05, 3.63) is 83.6 Å². The molecule has 2 heterocycles. The third-order valence-electron chi connectivity index (χ3n) is 8.63. The summed E-state index contributed by atoms with van der Waals surface area (Å²) < 4.78 is 41.8. The Labute approximate surface area is 278 Å². The Balaban J connectivity index is 1.30. The summed E-state index contributed by atoms with van der Waals surface area (Å²) in [6.07, 6.45) is 7.53. The lowest BCUT2D eigenvalue weighted by atomic mass is 9.87. The molecular formula is C34H42F3N9O2. The van der Waals surface area contributed by atoms with Gasteiger partial charge in [0.2, 0.25) is 0 Å². The van der Waals surface area contributed by atoms with Crippen LogP contribution < -0.4 is 20.9 Å². The van der Waals surface area contributed by atoms with Crippen LogP contribution >= 0.6 is 0 Å². The summed E-state index contributed by atoms with van der Waals surface area (Å²) in [7, 11) is 0. The SMILES string of the molecule is C=CC(=NC1CC1)NC=NCc1cncnc1NC1=CC(NC(=O)c2cc(N3CCN(CCO)CC3)cc(C(F)(F)F)c2)=CC(C)C1C. The number of rotatable bonds is 12. The van der Waals surface area contributed by atoms with Gasteiger partial charge in [-0.25, -0.2) is 9.97 Å². The standard InChI is InChI=1S/C34H42F3N9O2/c1-4-31(42-27-5-6-27)40-20-38-18-25-19-39-21-41-32(25)44-30-17-28(13-22(2)23(30)3)43-33(48)24-14-26(34(35,36)37)16-29(15-24)46-9-7-45(8-10-46)11-12-47/h4,13-17,19-23,27,47H,1,5-12,18H2,2-3H3,(H,43,48)(H,38,40,42)(H,39,41,44). The number of hydrogen-bond donors (Lipinski definition) is 4. The lowest BCUT2D eigenvalue weighted by Crippen LogP contribution is -2.47. The summed E-state index contributed by atoms with van der Waals surface area (Å²) in [5, 5.41) is 18.5. The van der Waals surface area contributed by atoms with Crippen molar-refractivity contribution in [3.8, 4) is 0 Å². The number of anilines is 2. The van der Waals surface area contributed by atoms with Crippen molar-refractivity contribution in [1.29, 1.82) is 0 Å². The van der Waals surface area contributed by atoms with E-state index in [0.717, 1.165) is 36.2 Å². The minimum Gasteiger partial charge on any atom is -0.395 e. The molecule has 0 spiro atoms. The molecular weight excluding hydrogens is 623 g/mol. The monoisotopic (exact) mass is 665 g/mol. The zero-order valence-electron chi connectivity index (χ0n) is 27.2. The van der Waals surface area contributed by atoms with Crippen molar-refractivity contribution in [2.45, 2.75) is 45.5 Å². The first-order valence-corrected chi connectivity index (χ1v) is 16.1. The van der Waals surface area contributed by atoms with Gasteiger partial charge >= 0.3 is 6.18 Å². The van der Waals surface area contributed by atoms with Crippen LogP contribution in [0, 0.1) is 11.8 Å². The van der Waals surface area contributed by atoms with Gasteiger partial charge in [-0.1, -0.05) is 26.5 Å². The number of aromatic nitrogens is 2. The molecule has 1 aromatic carbocycles. The molecule has 1 saturated heterocycles. The van der Waals surface area contributed by atoms with Gasteiger partial charge in [0, 0.05) is 73.0 Å². The number of allylic oxidation sites excluding steroid dienone is 3. The summed E-state index contributed by atoms with van der Waals surface area (Å²) in [6, 6.07) is 3.82. The molecule has 11 nitrogen and oxygen atoms in total. The van der Waals surface area contributed by atoms with Crippen LogP contribution in [-0.2, 0) is 12.7 Å². The number of nitrogens with one attached hydrogen (secondary N) is 3. The van der Waals surface area contributed by atoms with Crippen LogP contribution in [-0.4, -0.2) is 83.4 Å². The zero-order valence-corrected chi connectivity index (χ0v) is 27.2. The maximum atomic E-state index is 13.9. The number of amidine groups is 1. The summed E-state index contributed by atoms with van der Waals surface area (Å²) in [4.78, 5) is 34.9. The van der Waals surface area contributed by atoms with Gasteiger partial charge in [0.15, 0.2) is 0 Å². The molecule has 0 radical (unpaired) electrons. The van der Waals surface area contributed by atoms with E-state index in [1.54, 1.807) is 24.7 Å². The fraction of sp³-hybridized carbons (Fsp3) is 0.441. The van der Waals surface area contributed by atoms with E-state index in [-0.39, 0.29) is 30.6 Å². The Morgan fingerprint density at radius 2 is 1.94 bits per heavy atom. The third-order valence-corrected chi connectivity index (χ3v) is 8.63. The van der Waals surface area contributed by atoms with Gasteiger partial charge in [0.1, 0.15) is 18.0 Å². The topological polar surface area (TPSA) is 130 Å². The molecule has 3 aliphatic rings. The average molecular weight is 666 g/mol. The molecule has 2 aliphatic carbocycles. The van der Waals surface area contributed by atoms with Crippen LogP contribution in [0.2, 0.25) is 0 Å². The molecule has 2 unspecified atom stereocenters. The Hall–Kier alpha value is -4.56. The highest BCUT2D eigenvalue weighted by Gasteiger charge is 2.33. The number of aliphatic hydroxyl groups is 1. The Morgan fingerprint density at radius 1 is 1.17 bits per heavy atom. The van der Waals surface area contributed by atoms with Gasteiger partial charge in [0.05, 0.1) is 31.1 Å². The highest BCUT2D eigenvalue weighted by atomic mass is 19.4. The van der Waals surface area contributed by atoms with Gasteiger partial charge in [-0.2, -0.15) is 13.2 Å². The highest BCUT2D eigenvalue weighted by Crippen LogP contribution is 2.34. The number of carbonyl (C=O) groups excluding carboxylic acids is 1. The number of nitrogens with zero attached hydrogens (tertiary/aromatic N) is 6. The maximum absolute atomic E-state index is 13.9. The Bertz CT molecular complexity index is 1590. The number of aliphatic hydroxyl groups excluding tert-OH is 1. The van der Waals surface area contributed by atoms with Gasteiger partial charge in [-0.15, -0.1) is 0 Å². The van der Waals surface area contributed by atoms with Crippen LogP contribution in [0.25, 0.3) is 0 Å². The van der Waals surface area contributed by atoms with E-state index < -0.39 is 17.6 Å². The van der Waals surface area contributed by atoms with Gasteiger partial charge < -0.3 is 26.0 Å². The third kappa shape index (κ3) is 9.28. The molecule has 1 amide bonds. The minimum absolute atomic E-state index is 0.00401. The van der Waals surface area contributed by atoms with E-state index >= 15 is 0 Å². The van der Waals surface area contributed by atoms with Gasteiger partial charge in [-0.05, 0) is 49.1 Å². The Morgan fingerprint density at radius 3 is 2.62 bits per heavy atom. The molecule has 2 aromatic rings. The number of β-amino-alcohol motifs (C(OH)–C–C–N with tert-alkyl or cyclic N) is 1. The summed E-state index contributed by atoms with van der Waals surface area (Å²) in [6.45, 7) is 10.8. The van der Waals surface area contributed by atoms with E-state index in [1.807, 2.05) is 29.7 Å². The zero-order chi connectivity index (χ0) is 34.3. The molecule has 0 bridgehead atoms. The molecule has 2 atom stereocenters. The predicted molar refractivity (Wildman–Crippen MR) is 181 cm³/mol. The number of amides is 1. The van der Waals surface area contributed by atoms with E-state index in [2.05, 4.69) is 42.5 Å². The highest BCUT2D eigenvalue weighted by molar-refractivity contribution is 5.99. The molecule has 1 aromatic heterocycles. The fourth-order valence-electron chi connectivity index (χ4n) is 5.48. The number of piperazine rings is 1. The van der Waals surface area contributed by atoms with Crippen molar-refractivity contribution in [2.24, 2.45) is 21.8 Å². The van der Waals surface area contributed by atoms with Crippen LogP contribution in [0.3, 0.4) is 0 Å². The molecule has 256 valence electrons. The smallest absolute Gasteiger partial charge is 0.395 e. The second kappa shape index (κ2) is 15.6. The first-order valence-electron chi connectivity index (χ1n) is 16.1. The molecule has 1 saturated carbocycles. The van der Waals surface area contributed by atoms with E-state index in [0.29, 0.717) is 61.8 Å². The second-order valence-corrected chi connectivity index (χ2v) is 12.2. The van der Waals surface area contributed by atoms with Crippen LogP contribution in [0.4, 0.5) is 24.7 Å². The number of hydrogen-bond acceptors (Lipinski definition) is 9. The molecule has 14 heteroatoms. The van der Waals surface area contributed by atoms with Crippen molar-refractivity contribution < 1.29 is 23.1 Å². The molecule has 2 fully saturated rings. The number of benzene rings is 1. The number of alkyl halides is 3. The fourth-order valence-corrected chi connectivity index (χ4v) is 5.48. The largest absolute Gasteiger partial charge is 0.416 e. The maximum Gasteiger partial charge on any atom is 0.416 e. The Kier molecular flexibility index (Phi) is 11.3. The normalized spacial score (nSPS) is 20.7. The number of carbonyl (C=O) groups is 1. The van der Waals surface area contributed by atoms with Crippen LogP contribution in [0.1, 0.15) is 48.2 Å². The lowest BCUT2D eigenvalue weighted by molar-refractivity contribution is -0.137. The lowest BCUT2D eigenvalue weighted by Gasteiger charge is -2.36. The summed E-state index contributed by atoms with van der Waals surface area (Å²) in [5.74, 6) is 0.599. The van der Waals surface area contributed by atoms with E-state index in [9.17, 15) is 23.1 Å². The van der Waals surface area contributed by atoms with Crippen LogP contribution in [0.15, 0.2) is 76.9 Å². The summed E-state index contributed by atoms with van der Waals surface area (Å²) >= 11 is 0. The molecule has 48 heavy (non-hydrogen) atoms. The molecule has 4 N–H and O–H groups in total. The van der Waals surface area contributed by atoms with Gasteiger partial charge in [0.25, 0.3) is 5.91 Å². The van der Waals surface area contributed by atoms with E-state index in [4.69, 9.17) is 0 Å².